The van der Waals surface area contributed by atoms with E-state index in [1.54, 1.807) is 35.2 Å². The number of ether oxygens (including phenoxy) is 1. The van der Waals surface area contributed by atoms with E-state index in [1.165, 1.54) is 0 Å². The highest BCUT2D eigenvalue weighted by molar-refractivity contribution is 6.35. The van der Waals surface area contributed by atoms with Gasteiger partial charge in [-0.1, -0.05) is 53.9 Å². The van der Waals surface area contributed by atoms with E-state index >= 15 is 0 Å². The summed E-state index contributed by atoms with van der Waals surface area (Å²) in [5, 5.41) is 4.41. The first kappa shape index (κ1) is 18.3. The lowest BCUT2D eigenvalue weighted by Gasteiger charge is -2.28. The molecule has 2 amide bonds. The number of carbonyl (C=O) groups is 1. The summed E-state index contributed by atoms with van der Waals surface area (Å²) >= 11 is 18.0. The number of hydrogen-bond donors (Lipinski definition) is 1. The number of amides is 2. The van der Waals surface area contributed by atoms with E-state index in [0.29, 0.717) is 27.4 Å². The van der Waals surface area contributed by atoms with Gasteiger partial charge in [0, 0.05) is 26.3 Å². The molecule has 2 aromatic carbocycles. The first-order valence-corrected chi connectivity index (χ1v) is 9.04. The van der Waals surface area contributed by atoms with Crippen LogP contribution in [0.2, 0.25) is 15.1 Å². The monoisotopic (exact) mass is 398 g/mol. The molecule has 1 aliphatic rings. The second-order valence-electron chi connectivity index (χ2n) is 5.79. The van der Waals surface area contributed by atoms with Crippen LogP contribution in [0.3, 0.4) is 0 Å². The number of halogens is 3. The molecule has 3 rings (SSSR count). The van der Waals surface area contributed by atoms with Gasteiger partial charge in [0.1, 0.15) is 0 Å². The van der Waals surface area contributed by atoms with Gasteiger partial charge in [-0.3, -0.25) is 4.90 Å². The van der Waals surface area contributed by atoms with E-state index in [9.17, 15) is 4.79 Å². The predicted octanol–water partition coefficient (Wildman–Crippen LogP) is 5.99. The summed E-state index contributed by atoms with van der Waals surface area (Å²) in [6.07, 6.45) is 0.324. The summed E-state index contributed by atoms with van der Waals surface area (Å²) in [4.78, 5) is 14.6. The fraction of sp³-hybridized carbons (Fsp3) is 0.278. The molecule has 4 nitrogen and oxygen atoms in total. The number of urea groups is 1. The van der Waals surface area contributed by atoms with E-state index in [1.807, 2.05) is 19.1 Å². The summed E-state index contributed by atoms with van der Waals surface area (Å²) in [6.45, 7) is 2.50. The third-order valence-corrected chi connectivity index (χ3v) is 4.76. The Balaban J connectivity index is 1.84. The number of carbonyl (C=O) groups excluding carboxylic acids is 1. The largest absolute Gasteiger partial charge is 0.352 e. The van der Waals surface area contributed by atoms with Gasteiger partial charge in [0.05, 0.1) is 12.6 Å². The van der Waals surface area contributed by atoms with Crippen LogP contribution >= 0.6 is 34.8 Å². The lowest BCUT2D eigenvalue weighted by Crippen LogP contribution is -2.40. The quantitative estimate of drug-likeness (QED) is 0.689. The van der Waals surface area contributed by atoms with Crippen molar-refractivity contribution in [1.82, 2.24) is 4.90 Å². The van der Waals surface area contributed by atoms with E-state index < -0.39 is 6.23 Å². The molecule has 1 saturated heterocycles. The maximum atomic E-state index is 12.9. The first-order valence-electron chi connectivity index (χ1n) is 7.90. The molecule has 1 fully saturated rings. The van der Waals surface area contributed by atoms with Crippen molar-refractivity contribution in [2.24, 2.45) is 0 Å². The fourth-order valence-corrected chi connectivity index (χ4v) is 3.49. The molecule has 1 aliphatic heterocycles. The summed E-state index contributed by atoms with van der Waals surface area (Å²) < 4.78 is 5.87. The van der Waals surface area contributed by atoms with E-state index in [2.05, 4.69) is 5.32 Å². The highest BCUT2D eigenvalue weighted by Crippen LogP contribution is 2.33. The molecule has 0 aliphatic carbocycles. The van der Waals surface area contributed by atoms with Gasteiger partial charge in [-0.2, -0.15) is 0 Å². The molecule has 2 atom stereocenters. The maximum absolute atomic E-state index is 12.9. The lowest BCUT2D eigenvalue weighted by molar-refractivity contribution is 0.0509. The maximum Gasteiger partial charge on any atom is 0.324 e. The molecule has 1 heterocycles. The van der Waals surface area contributed by atoms with Crippen LogP contribution in [0.1, 0.15) is 25.1 Å². The average Bonchev–Trinajstić information content (AvgIpc) is 2.98. The molecule has 0 radical (unpaired) electrons. The summed E-state index contributed by atoms with van der Waals surface area (Å²) in [6, 6.07) is 11.9. The van der Waals surface area contributed by atoms with Crippen molar-refractivity contribution in [2.75, 3.05) is 11.9 Å². The zero-order chi connectivity index (χ0) is 18.0. The molecule has 0 aromatic heterocycles. The molecule has 25 heavy (non-hydrogen) atoms. The van der Waals surface area contributed by atoms with E-state index in [0.717, 1.165) is 12.0 Å². The van der Waals surface area contributed by atoms with Crippen LogP contribution < -0.4 is 5.32 Å². The van der Waals surface area contributed by atoms with Crippen LogP contribution in [0, 0.1) is 0 Å². The highest BCUT2D eigenvalue weighted by atomic mass is 35.5. The molecule has 2 aromatic rings. The third-order valence-electron chi connectivity index (χ3n) is 4.07. The number of nitrogens with one attached hydrogen (secondary N) is 1. The van der Waals surface area contributed by atoms with E-state index in [-0.39, 0.29) is 12.1 Å². The average molecular weight is 400 g/mol. The van der Waals surface area contributed by atoms with Crippen molar-refractivity contribution < 1.29 is 9.53 Å². The third kappa shape index (κ3) is 4.21. The van der Waals surface area contributed by atoms with Crippen LogP contribution in [0.5, 0.6) is 0 Å². The van der Waals surface area contributed by atoms with Gasteiger partial charge in [-0.05, 0) is 36.8 Å². The Hall–Kier alpha value is -1.46. The van der Waals surface area contributed by atoms with Gasteiger partial charge in [0.2, 0.25) is 0 Å². The molecular formula is C18H17Cl3N2O2. The Morgan fingerprint density at radius 2 is 1.76 bits per heavy atom. The Bertz CT molecular complexity index is 747. The number of nitrogens with zero attached hydrogens (tertiary/aromatic N) is 1. The summed E-state index contributed by atoms with van der Waals surface area (Å²) in [5.41, 5.74) is 1.42. The normalized spacial score (nSPS) is 19.9. The summed E-state index contributed by atoms with van der Waals surface area (Å²) in [5.74, 6) is 0. The Morgan fingerprint density at radius 3 is 2.36 bits per heavy atom. The van der Waals surface area contributed by atoms with Gasteiger partial charge in [0.25, 0.3) is 0 Å². The Morgan fingerprint density at radius 1 is 1.12 bits per heavy atom. The molecule has 0 bridgehead atoms. The topological polar surface area (TPSA) is 41.6 Å². The molecule has 0 saturated carbocycles. The molecule has 1 N–H and O–H groups in total. The van der Waals surface area contributed by atoms with Gasteiger partial charge in [-0.15, -0.1) is 0 Å². The van der Waals surface area contributed by atoms with Crippen LogP contribution in [0.4, 0.5) is 10.5 Å². The zero-order valence-electron chi connectivity index (χ0n) is 13.5. The number of anilines is 1. The Labute approximate surface area is 161 Å². The van der Waals surface area contributed by atoms with Crippen LogP contribution in [-0.2, 0) is 4.74 Å². The second-order valence-corrected chi connectivity index (χ2v) is 7.10. The van der Waals surface area contributed by atoms with Crippen LogP contribution in [-0.4, -0.2) is 23.6 Å². The minimum atomic E-state index is -0.461. The molecule has 132 valence electrons. The Kier molecular flexibility index (Phi) is 5.74. The van der Waals surface area contributed by atoms with Gasteiger partial charge in [-0.25, -0.2) is 4.79 Å². The van der Waals surface area contributed by atoms with Crippen LogP contribution in [0.15, 0.2) is 42.5 Å². The predicted molar refractivity (Wildman–Crippen MR) is 102 cm³/mol. The second kappa shape index (κ2) is 7.83. The van der Waals surface area contributed by atoms with Crippen molar-refractivity contribution in [3.63, 3.8) is 0 Å². The minimum Gasteiger partial charge on any atom is -0.352 e. The summed E-state index contributed by atoms with van der Waals surface area (Å²) in [7, 11) is 0. The molecule has 7 heteroatoms. The zero-order valence-corrected chi connectivity index (χ0v) is 15.8. The van der Waals surface area contributed by atoms with Gasteiger partial charge < -0.3 is 10.1 Å². The molecular weight excluding hydrogens is 383 g/mol. The van der Waals surface area contributed by atoms with Crippen molar-refractivity contribution in [3.8, 4) is 0 Å². The fourth-order valence-electron chi connectivity index (χ4n) is 2.84. The number of hydrogen-bond acceptors (Lipinski definition) is 2. The van der Waals surface area contributed by atoms with E-state index in [4.69, 9.17) is 39.5 Å². The van der Waals surface area contributed by atoms with Gasteiger partial charge >= 0.3 is 6.03 Å². The number of rotatable bonds is 3. The van der Waals surface area contributed by atoms with Gasteiger partial charge in [0.15, 0.2) is 6.23 Å². The highest BCUT2D eigenvalue weighted by Gasteiger charge is 2.38. The molecule has 2 unspecified atom stereocenters. The minimum absolute atomic E-state index is 0.0182. The lowest BCUT2D eigenvalue weighted by atomic mass is 10.1. The van der Waals surface area contributed by atoms with Crippen molar-refractivity contribution in [2.45, 2.75) is 25.6 Å². The van der Waals surface area contributed by atoms with Crippen molar-refractivity contribution >= 4 is 46.5 Å². The molecule has 0 spiro atoms. The first-order chi connectivity index (χ1) is 12.0. The number of benzene rings is 2. The smallest absolute Gasteiger partial charge is 0.324 e. The van der Waals surface area contributed by atoms with Crippen molar-refractivity contribution in [3.05, 3.63) is 63.1 Å². The van der Waals surface area contributed by atoms with Crippen molar-refractivity contribution in [1.29, 1.82) is 0 Å². The SMILES string of the molecule is CCC1COC(c2ccc(Cl)cc2)N1C(=O)Nc1cc(Cl)cc(Cl)c1. The van der Waals surface area contributed by atoms with Crippen LogP contribution in [0.25, 0.3) is 0 Å². The standard InChI is InChI=1S/C18H17Cl3N2O2/c1-2-16-10-25-17(11-3-5-12(19)6-4-11)23(16)18(24)22-15-8-13(20)7-14(21)9-15/h3-9,16-17H,2,10H2,1H3,(H,22,24).